The van der Waals surface area contributed by atoms with Crippen LogP contribution in [0.3, 0.4) is 0 Å². The Bertz CT molecular complexity index is 388. The van der Waals surface area contributed by atoms with Gasteiger partial charge in [-0.3, -0.25) is 4.79 Å². The van der Waals surface area contributed by atoms with Crippen molar-refractivity contribution in [1.82, 2.24) is 0 Å². The lowest BCUT2D eigenvalue weighted by Gasteiger charge is -2.29. The molecule has 0 bridgehead atoms. The van der Waals surface area contributed by atoms with E-state index in [1.165, 1.54) is 13.8 Å². The first-order valence-electron chi connectivity index (χ1n) is 4.90. The Hall–Kier alpha value is -0.760. The Morgan fingerprint density at radius 1 is 1.41 bits per heavy atom. The molecule has 0 aromatic rings. The molecule has 0 aromatic heterocycles. The summed E-state index contributed by atoms with van der Waals surface area (Å²) < 4.78 is 61.2. The molecule has 0 aliphatic heterocycles. The molecule has 0 amide bonds. The van der Waals surface area contributed by atoms with Crippen molar-refractivity contribution in [3.63, 3.8) is 0 Å². The van der Waals surface area contributed by atoms with Gasteiger partial charge in [-0.05, 0) is 27.2 Å². The van der Waals surface area contributed by atoms with Gasteiger partial charge in [0.05, 0.1) is 5.41 Å². The molecule has 0 radical (unpaired) electrons. The normalized spacial score (nSPS) is 15.5. The molecule has 0 saturated carbocycles. The Morgan fingerprint density at radius 3 is 2.12 bits per heavy atom. The van der Waals surface area contributed by atoms with Gasteiger partial charge in [0.15, 0.2) is 16.2 Å². The molecular formula is C9H15F2O5S-. The highest BCUT2D eigenvalue weighted by molar-refractivity contribution is 7.86. The second kappa shape index (κ2) is 4.85. The molecule has 0 heterocycles. The number of carbonyl (C=O) groups is 1. The molecule has 0 N–H and O–H groups in total. The Labute approximate surface area is 98.9 Å². The largest absolute Gasteiger partial charge is 0.743 e. The molecule has 1 atom stereocenters. The molecule has 0 aliphatic rings. The minimum absolute atomic E-state index is 0.328. The van der Waals surface area contributed by atoms with Gasteiger partial charge in [-0.25, -0.2) is 8.42 Å². The number of hydrogen-bond donors (Lipinski definition) is 0. The topological polar surface area (TPSA) is 83.5 Å². The van der Waals surface area contributed by atoms with Gasteiger partial charge in [0, 0.05) is 0 Å². The Morgan fingerprint density at radius 2 is 1.82 bits per heavy atom. The Kier molecular flexibility index (Phi) is 4.63. The summed E-state index contributed by atoms with van der Waals surface area (Å²) in [5.41, 5.74) is -1.02. The van der Waals surface area contributed by atoms with Crippen molar-refractivity contribution in [3.8, 4) is 0 Å². The monoisotopic (exact) mass is 273 g/mol. The van der Waals surface area contributed by atoms with Gasteiger partial charge in [-0.1, -0.05) is 6.92 Å². The summed E-state index contributed by atoms with van der Waals surface area (Å²) in [4.78, 5) is 11.4. The number of rotatable bonds is 5. The first kappa shape index (κ1) is 16.2. The molecule has 17 heavy (non-hydrogen) atoms. The van der Waals surface area contributed by atoms with E-state index in [1.54, 1.807) is 6.92 Å². The highest BCUT2D eigenvalue weighted by Crippen LogP contribution is 2.30. The summed E-state index contributed by atoms with van der Waals surface area (Å²) in [6.45, 7) is 5.24. The minimum Gasteiger partial charge on any atom is -0.743 e. The smallest absolute Gasteiger partial charge is 0.369 e. The zero-order valence-electron chi connectivity index (χ0n) is 9.99. The van der Waals surface area contributed by atoms with Crippen molar-refractivity contribution in [2.45, 2.75) is 45.5 Å². The fourth-order valence-electron chi connectivity index (χ4n) is 0.736. The Balaban J connectivity index is 4.91. The molecule has 0 rings (SSSR count). The van der Waals surface area contributed by atoms with E-state index in [2.05, 4.69) is 4.74 Å². The van der Waals surface area contributed by atoms with Crippen LogP contribution in [0, 0.1) is 5.41 Å². The van der Waals surface area contributed by atoms with Gasteiger partial charge in [-0.15, -0.1) is 0 Å². The molecule has 0 aromatic carbocycles. The quantitative estimate of drug-likeness (QED) is 0.559. The second-order valence-corrected chi connectivity index (χ2v) is 5.75. The first-order valence-corrected chi connectivity index (χ1v) is 6.31. The van der Waals surface area contributed by atoms with Crippen LogP contribution in [0.2, 0.25) is 0 Å². The summed E-state index contributed by atoms with van der Waals surface area (Å²) in [5, 5.41) is -4.63. The van der Waals surface area contributed by atoms with E-state index in [0.29, 0.717) is 13.3 Å². The van der Waals surface area contributed by atoms with Crippen LogP contribution in [-0.4, -0.2) is 30.3 Å². The third-order valence-corrected chi connectivity index (χ3v) is 3.53. The third kappa shape index (κ3) is 3.60. The summed E-state index contributed by atoms with van der Waals surface area (Å²) in [7, 11) is -5.86. The van der Waals surface area contributed by atoms with Crippen molar-refractivity contribution >= 4 is 16.1 Å². The molecule has 0 saturated heterocycles. The number of hydrogen-bond acceptors (Lipinski definition) is 5. The molecule has 0 fully saturated rings. The predicted molar refractivity (Wildman–Crippen MR) is 54.3 cm³/mol. The second-order valence-electron chi connectivity index (χ2n) is 4.30. The van der Waals surface area contributed by atoms with Gasteiger partial charge in [0.1, 0.15) is 0 Å². The van der Waals surface area contributed by atoms with E-state index in [4.69, 9.17) is 0 Å². The van der Waals surface area contributed by atoms with Gasteiger partial charge in [-0.2, -0.15) is 8.78 Å². The first-order chi connectivity index (χ1) is 7.36. The highest BCUT2D eigenvalue weighted by atomic mass is 32.2. The SMILES string of the molecule is CCC(C)(C)C(=O)OC(C)C(F)(F)S(=O)(=O)[O-]. The fourth-order valence-corrected chi connectivity index (χ4v) is 1.19. The summed E-state index contributed by atoms with van der Waals surface area (Å²) in [5.74, 6) is -0.976. The molecule has 0 spiro atoms. The van der Waals surface area contributed by atoms with Crippen LogP contribution in [0.4, 0.5) is 8.78 Å². The van der Waals surface area contributed by atoms with Crippen molar-refractivity contribution in [1.29, 1.82) is 0 Å². The predicted octanol–water partition coefficient (Wildman–Crippen LogP) is 1.49. The number of esters is 1. The summed E-state index contributed by atoms with van der Waals surface area (Å²) in [6, 6.07) is 0. The van der Waals surface area contributed by atoms with Gasteiger partial charge in [0.25, 0.3) is 0 Å². The maximum Gasteiger partial charge on any atom is 0.369 e. The average Bonchev–Trinajstić information content (AvgIpc) is 2.15. The molecule has 8 heteroatoms. The lowest BCUT2D eigenvalue weighted by molar-refractivity contribution is -0.170. The average molecular weight is 273 g/mol. The standard InChI is InChI=1S/C9H16F2O5S/c1-5-8(3,4)7(12)16-6(2)9(10,11)17(13,14)15/h6H,5H2,1-4H3,(H,13,14,15)/p-1. The molecular weight excluding hydrogens is 258 g/mol. The van der Waals surface area contributed by atoms with Crippen LogP contribution in [0.25, 0.3) is 0 Å². The summed E-state index contributed by atoms with van der Waals surface area (Å²) in [6.07, 6.45) is -1.99. The van der Waals surface area contributed by atoms with Gasteiger partial charge in [0.2, 0.25) is 0 Å². The van der Waals surface area contributed by atoms with Crippen molar-refractivity contribution < 1.29 is 31.3 Å². The van der Waals surface area contributed by atoms with Crippen molar-refractivity contribution in [2.75, 3.05) is 0 Å². The molecule has 5 nitrogen and oxygen atoms in total. The van der Waals surface area contributed by atoms with E-state index in [1.807, 2.05) is 0 Å². The summed E-state index contributed by atoms with van der Waals surface area (Å²) >= 11 is 0. The molecule has 0 aliphatic carbocycles. The highest BCUT2D eigenvalue weighted by Gasteiger charge is 2.47. The van der Waals surface area contributed by atoms with E-state index in [9.17, 15) is 26.5 Å². The van der Waals surface area contributed by atoms with Crippen LogP contribution >= 0.6 is 0 Å². The van der Waals surface area contributed by atoms with Crippen molar-refractivity contribution in [3.05, 3.63) is 0 Å². The van der Waals surface area contributed by atoms with E-state index in [0.717, 1.165) is 0 Å². The van der Waals surface area contributed by atoms with Crippen molar-refractivity contribution in [2.24, 2.45) is 5.41 Å². The number of carbonyl (C=O) groups excluding carboxylic acids is 1. The van der Waals surface area contributed by atoms with Crippen LogP contribution in [0.1, 0.15) is 34.1 Å². The maximum atomic E-state index is 13.0. The number of ether oxygens (including phenoxy) is 1. The number of halogens is 2. The van der Waals surface area contributed by atoms with Gasteiger partial charge >= 0.3 is 11.2 Å². The lowest BCUT2D eigenvalue weighted by atomic mass is 9.91. The van der Waals surface area contributed by atoms with E-state index >= 15 is 0 Å². The van der Waals surface area contributed by atoms with Crippen LogP contribution in [-0.2, 0) is 19.6 Å². The molecule has 102 valence electrons. The zero-order chi connectivity index (χ0) is 14.1. The van der Waals surface area contributed by atoms with Crippen LogP contribution < -0.4 is 0 Å². The van der Waals surface area contributed by atoms with Crippen LogP contribution in [0.15, 0.2) is 0 Å². The number of alkyl halides is 2. The fraction of sp³-hybridized carbons (Fsp3) is 0.889. The van der Waals surface area contributed by atoms with Crippen LogP contribution in [0.5, 0.6) is 0 Å². The van der Waals surface area contributed by atoms with E-state index in [-0.39, 0.29) is 0 Å². The zero-order valence-corrected chi connectivity index (χ0v) is 10.8. The lowest BCUT2D eigenvalue weighted by Crippen LogP contribution is -2.44. The maximum absolute atomic E-state index is 13.0. The minimum atomic E-state index is -5.86. The molecule has 1 unspecified atom stereocenters. The third-order valence-electron chi connectivity index (χ3n) is 2.53. The van der Waals surface area contributed by atoms with E-state index < -0.39 is 32.9 Å². The van der Waals surface area contributed by atoms with Gasteiger partial charge < -0.3 is 9.29 Å².